The first-order chi connectivity index (χ1) is 12.7. The molecular formula is C20H24N6. The molecular weight excluding hydrogens is 324 g/mol. The number of likely N-dealkylation sites (N-methyl/N-ethyl adjacent to an activating group) is 1. The predicted octanol–water partition coefficient (Wildman–Crippen LogP) is 3.12. The minimum absolute atomic E-state index is 0.614. The van der Waals surface area contributed by atoms with Crippen LogP contribution in [-0.4, -0.2) is 47.0 Å². The van der Waals surface area contributed by atoms with E-state index < -0.39 is 0 Å². The Kier molecular flexibility index (Phi) is 6.11. The Morgan fingerprint density at radius 1 is 0.885 bits per heavy atom. The SMILES string of the molecule is CN(C)CCNc1cc(NCc2ccccn2)nc(-c2ccccc2)n1. The molecule has 3 aromatic rings. The van der Waals surface area contributed by atoms with Gasteiger partial charge in [-0.2, -0.15) is 0 Å². The van der Waals surface area contributed by atoms with Gasteiger partial charge in [-0.25, -0.2) is 9.97 Å². The third-order valence-electron chi connectivity index (χ3n) is 3.80. The highest BCUT2D eigenvalue weighted by Gasteiger charge is 2.07. The zero-order chi connectivity index (χ0) is 18.2. The van der Waals surface area contributed by atoms with Gasteiger partial charge in [-0.15, -0.1) is 0 Å². The molecule has 0 atom stereocenters. The molecule has 2 aromatic heterocycles. The number of pyridine rings is 1. The standard InChI is InChI=1S/C20H24N6/c1-26(2)13-12-22-18-14-19(23-15-17-10-6-7-11-21-17)25-20(24-18)16-8-4-3-5-9-16/h3-11,14H,12-13,15H2,1-2H3,(H2,22,23,24,25). The Morgan fingerprint density at radius 3 is 2.31 bits per heavy atom. The van der Waals surface area contributed by atoms with E-state index in [9.17, 15) is 0 Å². The van der Waals surface area contributed by atoms with Crippen molar-refractivity contribution >= 4 is 11.6 Å². The third-order valence-corrected chi connectivity index (χ3v) is 3.80. The van der Waals surface area contributed by atoms with Gasteiger partial charge in [0, 0.05) is 30.9 Å². The largest absolute Gasteiger partial charge is 0.369 e. The Hall–Kier alpha value is -2.99. The summed E-state index contributed by atoms with van der Waals surface area (Å²) in [5.41, 5.74) is 1.96. The summed E-state index contributed by atoms with van der Waals surface area (Å²) in [7, 11) is 4.10. The van der Waals surface area contributed by atoms with Crippen molar-refractivity contribution in [3.63, 3.8) is 0 Å². The number of hydrogen-bond donors (Lipinski definition) is 2. The van der Waals surface area contributed by atoms with Crippen molar-refractivity contribution in [3.05, 3.63) is 66.5 Å². The van der Waals surface area contributed by atoms with Gasteiger partial charge < -0.3 is 15.5 Å². The van der Waals surface area contributed by atoms with E-state index in [0.29, 0.717) is 12.4 Å². The second-order valence-corrected chi connectivity index (χ2v) is 6.23. The number of rotatable bonds is 8. The number of nitrogens with one attached hydrogen (secondary N) is 2. The first-order valence-electron chi connectivity index (χ1n) is 8.67. The van der Waals surface area contributed by atoms with Gasteiger partial charge in [0.05, 0.1) is 12.2 Å². The molecule has 0 unspecified atom stereocenters. The van der Waals surface area contributed by atoms with Gasteiger partial charge in [0.25, 0.3) is 0 Å². The van der Waals surface area contributed by atoms with Crippen LogP contribution < -0.4 is 10.6 Å². The van der Waals surface area contributed by atoms with Crippen molar-refractivity contribution in [3.8, 4) is 11.4 Å². The maximum atomic E-state index is 4.66. The second-order valence-electron chi connectivity index (χ2n) is 6.23. The lowest BCUT2D eigenvalue weighted by Crippen LogP contribution is -2.21. The molecule has 0 aliphatic rings. The average Bonchev–Trinajstić information content (AvgIpc) is 2.67. The monoisotopic (exact) mass is 348 g/mol. The molecule has 3 rings (SSSR count). The van der Waals surface area contributed by atoms with Gasteiger partial charge in [-0.3, -0.25) is 4.98 Å². The molecule has 26 heavy (non-hydrogen) atoms. The molecule has 6 heteroatoms. The number of benzene rings is 1. The summed E-state index contributed by atoms with van der Waals surface area (Å²) in [4.78, 5) is 15.8. The van der Waals surface area contributed by atoms with Crippen LogP contribution in [-0.2, 0) is 6.54 Å². The molecule has 0 aliphatic carbocycles. The molecule has 0 bridgehead atoms. The zero-order valence-corrected chi connectivity index (χ0v) is 15.2. The van der Waals surface area contributed by atoms with Crippen molar-refractivity contribution in [2.24, 2.45) is 0 Å². The zero-order valence-electron chi connectivity index (χ0n) is 15.2. The van der Waals surface area contributed by atoms with Gasteiger partial charge in [0.2, 0.25) is 0 Å². The second kappa shape index (κ2) is 8.92. The summed E-state index contributed by atoms with van der Waals surface area (Å²) < 4.78 is 0. The molecule has 0 radical (unpaired) electrons. The summed E-state index contributed by atoms with van der Waals surface area (Å²) in [5, 5.41) is 6.72. The average molecular weight is 348 g/mol. The lowest BCUT2D eigenvalue weighted by molar-refractivity contribution is 0.425. The highest BCUT2D eigenvalue weighted by Crippen LogP contribution is 2.20. The number of hydrogen-bond acceptors (Lipinski definition) is 6. The van der Waals surface area contributed by atoms with Crippen LogP contribution in [0.5, 0.6) is 0 Å². The summed E-state index contributed by atoms with van der Waals surface area (Å²) >= 11 is 0. The third kappa shape index (κ3) is 5.26. The molecule has 0 spiro atoms. The van der Waals surface area contributed by atoms with E-state index in [-0.39, 0.29) is 0 Å². The summed E-state index contributed by atoms with van der Waals surface area (Å²) in [6, 6.07) is 17.8. The van der Waals surface area contributed by atoms with Crippen molar-refractivity contribution in [1.82, 2.24) is 19.9 Å². The quantitative estimate of drug-likeness (QED) is 0.652. The number of nitrogens with zero attached hydrogens (tertiary/aromatic N) is 4. The van der Waals surface area contributed by atoms with Crippen molar-refractivity contribution < 1.29 is 0 Å². The van der Waals surface area contributed by atoms with Crippen LogP contribution >= 0.6 is 0 Å². The molecule has 0 saturated heterocycles. The van der Waals surface area contributed by atoms with Gasteiger partial charge in [0.15, 0.2) is 5.82 Å². The summed E-state index contributed by atoms with van der Waals surface area (Å²) in [6.45, 7) is 2.36. The van der Waals surface area contributed by atoms with Crippen molar-refractivity contribution in [1.29, 1.82) is 0 Å². The molecule has 0 fully saturated rings. The molecule has 1 aromatic carbocycles. The van der Waals surface area contributed by atoms with Crippen molar-refractivity contribution in [2.45, 2.75) is 6.54 Å². The van der Waals surface area contributed by atoms with Gasteiger partial charge in [-0.05, 0) is 26.2 Å². The van der Waals surface area contributed by atoms with E-state index in [1.165, 1.54) is 0 Å². The van der Waals surface area contributed by atoms with Crippen LogP contribution in [0.4, 0.5) is 11.6 Å². The van der Waals surface area contributed by atoms with Crippen LogP contribution in [0.3, 0.4) is 0 Å². The minimum Gasteiger partial charge on any atom is -0.369 e. The Morgan fingerprint density at radius 2 is 1.62 bits per heavy atom. The lowest BCUT2D eigenvalue weighted by Gasteiger charge is -2.13. The van der Waals surface area contributed by atoms with Crippen LogP contribution in [0.15, 0.2) is 60.8 Å². The fourth-order valence-corrected chi connectivity index (χ4v) is 2.44. The van der Waals surface area contributed by atoms with Gasteiger partial charge >= 0.3 is 0 Å². The molecule has 0 saturated carbocycles. The lowest BCUT2D eigenvalue weighted by atomic mass is 10.2. The molecule has 134 valence electrons. The Balaban J connectivity index is 1.80. The smallest absolute Gasteiger partial charge is 0.163 e. The highest BCUT2D eigenvalue weighted by molar-refractivity contribution is 5.61. The van der Waals surface area contributed by atoms with E-state index in [4.69, 9.17) is 0 Å². The number of anilines is 2. The van der Waals surface area contributed by atoms with E-state index in [1.807, 2.05) is 54.6 Å². The highest BCUT2D eigenvalue weighted by atomic mass is 15.1. The van der Waals surface area contributed by atoms with Crippen LogP contribution in [0.2, 0.25) is 0 Å². The van der Waals surface area contributed by atoms with E-state index >= 15 is 0 Å². The van der Waals surface area contributed by atoms with Gasteiger partial charge in [0.1, 0.15) is 11.6 Å². The molecule has 6 nitrogen and oxygen atoms in total. The fourth-order valence-electron chi connectivity index (χ4n) is 2.44. The maximum absolute atomic E-state index is 4.66. The van der Waals surface area contributed by atoms with Crippen LogP contribution in [0, 0.1) is 0 Å². The summed E-state index contributed by atoms with van der Waals surface area (Å²) in [6.07, 6.45) is 1.79. The molecule has 2 heterocycles. The topological polar surface area (TPSA) is 66.0 Å². The maximum Gasteiger partial charge on any atom is 0.163 e. The Labute approximate surface area is 154 Å². The Bertz CT molecular complexity index is 805. The molecule has 0 amide bonds. The predicted molar refractivity (Wildman–Crippen MR) is 106 cm³/mol. The fraction of sp³-hybridized carbons (Fsp3) is 0.250. The molecule has 0 aliphatic heterocycles. The minimum atomic E-state index is 0.614. The van der Waals surface area contributed by atoms with Crippen LogP contribution in [0.1, 0.15) is 5.69 Å². The van der Waals surface area contributed by atoms with Gasteiger partial charge in [-0.1, -0.05) is 36.4 Å². The van der Waals surface area contributed by atoms with E-state index in [0.717, 1.165) is 36.0 Å². The first kappa shape index (κ1) is 17.8. The summed E-state index contributed by atoms with van der Waals surface area (Å²) in [5.74, 6) is 2.28. The van der Waals surface area contributed by atoms with Crippen LogP contribution in [0.25, 0.3) is 11.4 Å². The van der Waals surface area contributed by atoms with E-state index in [2.05, 4.69) is 44.6 Å². The first-order valence-corrected chi connectivity index (χ1v) is 8.67. The van der Waals surface area contributed by atoms with E-state index in [1.54, 1.807) is 6.20 Å². The van der Waals surface area contributed by atoms with Crippen molar-refractivity contribution in [2.75, 3.05) is 37.8 Å². The normalized spacial score (nSPS) is 10.7. The molecule has 2 N–H and O–H groups in total. The number of aromatic nitrogens is 3.